The van der Waals surface area contributed by atoms with Crippen molar-refractivity contribution in [2.24, 2.45) is 5.73 Å². The number of carbonyl (C=O) groups excluding carboxylic acids is 2. The molecule has 0 radical (unpaired) electrons. The maximum absolute atomic E-state index is 11.4. The van der Waals surface area contributed by atoms with Gasteiger partial charge in [-0.3, -0.25) is 14.5 Å². The second-order valence-electron chi connectivity index (χ2n) is 3.69. The van der Waals surface area contributed by atoms with E-state index in [1.54, 1.807) is 26.0 Å². The van der Waals surface area contributed by atoms with Gasteiger partial charge in [-0.05, 0) is 20.4 Å². The van der Waals surface area contributed by atoms with E-state index in [0.717, 1.165) is 6.42 Å². The zero-order chi connectivity index (χ0) is 12.6. The molecule has 0 fully saturated rings. The van der Waals surface area contributed by atoms with Crippen molar-refractivity contribution in [2.45, 2.75) is 19.4 Å². The summed E-state index contributed by atoms with van der Waals surface area (Å²) in [6.45, 7) is 3.02. The highest BCUT2D eigenvalue weighted by atomic mass is 16.5. The average molecular weight is 231 g/mol. The Morgan fingerprint density at radius 2 is 2.12 bits per heavy atom. The molecule has 0 heterocycles. The smallest absolute Gasteiger partial charge is 0.234 e. The monoisotopic (exact) mass is 231 g/mol. The van der Waals surface area contributed by atoms with Crippen molar-refractivity contribution < 1.29 is 14.3 Å². The first kappa shape index (κ1) is 14.9. The predicted molar refractivity (Wildman–Crippen MR) is 60.8 cm³/mol. The van der Waals surface area contributed by atoms with Crippen LogP contribution in [0.2, 0.25) is 0 Å². The fourth-order valence-corrected chi connectivity index (χ4v) is 1.08. The van der Waals surface area contributed by atoms with Crippen LogP contribution in [0.25, 0.3) is 0 Å². The number of hydrogen-bond acceptors (Lipinski definition) is 4. The number of methoxy groups -OCH3 is 1. The lowest BCUT2D eigenvalue weighted by molar-refractivity contribution is -0.125. The molecule has 0 saturated carbocycles. The maximum Gasteiger partial charge on any atom is 0.234 e. The molecule has 1 unspecified atom stereocenters. The highest BCUT2D eigenvalue weighted by Gasteiger charge is 2.16. The van der Waals surface area contributed by atoms with E-state index in [9.17, 15) is 9.59 Å². The third-order valence-corrected chi connectivity index (χ3v) is 2.31. The van der Waals surface area contributed by atoms with Gasteiger partial charge in [0.05, 0.1) is 12.6 Å². The van der Waals surface area contributed by atoms with Crippen molar-refractivity contribution in [1.29, 1.82) is 0 Å². The van der Waals surface area contributed by atoms with Gasteiger partial charge in [-0.1, -0.05) is 0 Å². The lowest BCUT2D eigenvalue weighted by atomic mass is 10.3. The molecule has 0 spiro atoms. The summed E-state index contributed by atoms with van der Waals surface area (Å²) in [6.07, 6.45) is 0.775. The summed E-state index contributed by atoms with van der Waals surface area (Å²) in [5.74, 6) is -0.554. The first-order valence-corrected chi connectivity index (χ1v) is 5.24. The molecule has 16 heavy (non-hydrogen) atoms. The van der Waals surface area contributed by atoms with Gasteiger partial charge < -0.3 is 15.8 Å². The molecule has 0 aromatic rings. The van der Waals surface area contributed by atoms with Crippen LogP contribution in [0.15, 0.2) is 0 Å². The number of amides is 2. The second-order valence-corrected chi connectivity index (χ2v) is 3.69. The molecule has 0 aliphatic heterocycles. The molecule has 0 aromatic heterocycles. The number of likely N-dealkylation sites (N-methyl/N-ethyl adjacent to an activating group) is 1. The molecule has 6 nitrogen and oxygen atoms in total. The number of nitrogens with zero attached hydrogens (tertiary/aromatic N) is 1. The number of nitrogens with one attached hydrogen (secondary N) is 1. The van der Waals surface area contributed by atoms with Gasteiger partial charge in [0, 0.05) is 20.3 Å². The molecular formula is C10H21N3O3. The minimum atomic E-state index is -0.440. The Morgan fingerprint density at radius 1 is 1.50 bits per heavy atom. The van der Waals surface area contributed by atoms with Gasteiger partial charge in [-0.25, -0.2) is 0 Å². The highest BCUT2D eigenvalue weighted by Crippen LogP contribution is 1.93. The molecule has 6 heteroatoms. The Labute approximate surface area is 96.1 Å². The van der Waals surface area contributed by atoms with E-state index in [1.807, 2.05) is 0 Å². The third-order valence-electron chi connectivity index (χ3n) is 2.31. The standard InChI is InChI=1S/C10H21N3O3/c1-8(10(11)15)13(2)7-9(14)12-5-4-6-16-3/h8H,4-7H2,1-3H3,(H2,11,15)(H,12,14). The molecule has 94 valence electrons. The topological polar surface area (TPSA) is 84.7 Å². The van der Waals surface area contributed by atoms with Gasteiger partial charge in [-0.15, -0.1) is 0 Å². The second kappa shape index (κ2) is 8.06. The van der Waals surface area contributed by atoms with Gasteiger partial charge in [-0.2, -0.15) is 0 Å². The van der Waals surface area contributed by atoms with Crippen LogP contribution in [0.3, 0.4) is 0 Å². The Morgan fingerprint density at radius 3 is 2.62 bits per heavy atom. The normalized spacial score (nSPS) is 12.5. The van der Waals surface area contributed by atoms with E-state index < -0.39 is 11.9 Å². The first-order valence-electron chi connectivity index (χ1n) is 5.24. The van der Waals surface area contributed by atoms with Crippen LogP contribution in [-0.2, 0) is 14.3 Å². The fraction of sp³-hybridized carbons (Fsp3) is 0.800. The predicted octanol–water partition coefficient (Wildman–Crippen LogP) is -1.06. The first-order chi connectivity index (χ1) is 7.49. The maximum atomic E-state index is 11.4. The molecule has 0 aliphatic carbocycles. The van der Waals surface area contributed by atoms with Crippen LogP contribution in [0, 0.1) is 0 Å². The summed E-state index contributed by atoms with van der Waals surface area (Å²) in [5, 5.41) is 2.73. The van der Waals surface area contributed by atoms with Crippen LogP contribution in [0.5, 0.6) is 0 Å². The van der Waals surface area contributed by atoms with E-state index >= 15 is 0 Å². The number of rotatable bonds is 8. The molecule has 0 saturated heterocycles. The van der Waals surface area contributed by atoms with Gasteiger partial charge in [0.1, 0.15) is 0 Å². The minimum absolute atomic E-state index is 0.119. The zero-order valence-corrected chi connectivity index (χ0v) is 10.2. The quantitative estimate of drug-likeness (QED) is 0.522. The Kier molecular flexibility index (Phi) is 7.49. The van der Waals surface area contributed by atoms with Crippen molar-refractivity contribution in [3.63, 3.8) is 0 Å². The van der Waals surface area contributed by atoms with Crippen LogP contribution in [0.4, 0.5) is 0 Å². The van der Waals surface area contributed by atoms with E-state index in [0.29, 0.717) is 13.2 Å². The third kappa shape index (κ3) is 6.36. The zero-order valence-electron chi connectivity index (χ0n) is 10.2. The molecule has 3 N–H and O–H groups in total. The van der Waals surface area contributed by atoms with E-state index in [2.05, 4.69) is 5.32 Å². The summed E-state index contributed by atoms with van der Waals surface area (Å²) in [5.41, 5.74) is 5.12. The summed E-state index contributed by atoms with van der Waals surface area (Å²) in [7, 11) is 3.30. The number of hydrogen-bond donors (Lipinski definition) is 2. The highest BCUT2D eigenvalue weighted by molar-refractivity contribution is 5.82. The molecule has 1 atom stereocenters. The van der Waals surface area contributed by atoms with E-state index in [1.165, 1.54) is 0 Å². The number of ether oxygens (including phenoxy) is 1. The largest absolute Gasteiger partial charge is 0.385 e. The van der Waals surface area contributed by atoms with Crippen molar-refractivity contribution in [1.82, 2.24) is 10.2 Å². The van der Waals surface area contributed by atoms with Crippen LogP contribution < -0.4 is 11.1 Å². The van der Waals surface area contributed by atoms with Gasteiger partial charge in [0.25, 0.3) is 0 Å². The minimum Gasteiger partial charge on any atom is -0.385 e. The van der Waals surface area contributed by atoms with Crippen molar-refractivity contribution in [3.05, 3.63) is 0 Å². The molecule has 2 amide bonds. The van der Waals surface area contributed by atoms with Crippen LogP contribution in [0.1, 0.15) is 13.3 Å². The summed E-state index contributed by atoms with van der Waals surface area (Å²) >= 11 is 0. The van der Waals surface area contributed by atoms with Crippen molar-refractivity contribution >= 4 is 11.8 Å². The van der Waals surface area contributed by atoms with Gasteiger partial charge in [0.2, 0.25) is 11.8 Å². The van der Waals surface area contributed by atoms with Gasteiger partial charge in [0.15, 0.2) is 0 Å². The summed E-state index contributed by atoms with van der Waals surface area (Å²) in [4.78, 5) is 23.9. The summed E-state index contributed by atoms with van der Waals surface area (Å²) in [6, 6.07) is -0.440. The fourth-order valence-electron chi connectivity index (χ4n) is 1.08. The SMILES string of the molecule is COCCCNC(=O)CN(C)C(C)C(N)=O. The molecular weight excluding hydrogens is 210 g/mol. The van der Waals surface area contributed by atoms with Gasteiger partial charge >= 0.3 is 0 Å². The van der Waals surface area contributed by atoms with Crippen LogP contribution in [-0.4, -0.2) is 56.6 Å². The molecule has 0 bridgehead atoms. The lowest BCUT2D eigenvalue weighted by Crippen LogP contribution is -2.45. The van der Waals surface area contributed by atoms with Crippen molar-refractivity contribution in [2.75, 3.05) is 33.9 Å². The molecule has 0 aromatic carbocycles. The lowest BCUT2D eigenvalue weighted by Gasteiger charge is -2.21. The Balaban J connectivity index is 3.74. The van der Waals surface area contributed by atoms with E-state index in [-0.39, 0.29) is 12.5 Å². The summed E-state index contributed by atoms with van der Waals surface area (Å²) < 4.78 is 4.85. The van der Waals surface area contributed by atoms with E-state index in [4.69, 9.17) is 10.5 Å². The molecule has 0 rings (SSSR count). The molecule has 0 aliphatic rings. The Hall–Kier alpha value is -1.14. The van der Waals surface area contributed by atoms with Crippen LogP contribution >= 0.6 is 0 Å². The Bertz CT molecular complexity index is 233. The number of carbonyl (C=O) groups is 2. The number of primary amides is 1. The average Bonchev–Trinajstić information content (AvgIpc) is 2.23. The number of nitrogens with two attached hydrogens (primary N) is 1. The van der Waals surface area contributed by atoms with Crippen molar-refractivity contribution in [3.8, 4) is 0 Å².